The summed E-state index contributed by atoms with van der Waals surface area (Å²) in [5, 5.41) is 3.40. The van der Waals surface area contributed by atoms with Crippen LogP contribution in [0.5, 0.6) is 0 Å². The Balaban J connectivity index is 1.53. The third-order valence-corrected chi connectivity index (χ3v) is 7.40. The third kappa shape index (κ3) is 7.57. The molecule has 0 radical (unpaired) electrons. The van der Waals surface area contributed by atoms with Gasteiger partial charge in [-0.25, -0.2) is 0 Å². The van der Waals surface area contributed by atoms with Crippen LogP contribution < -0.4 is 5.32 Å². The first kappa shape index (κ1) is 25.2. The van der Waals surface area contributed by atoms with E-state index in [4.69, 9.17) is 4.74 Å². The van der Waals surface area contributed by atoms with Crippen LogP contribution in [0.2, 0.25) is 0 Å². The van der Waals surface area contributed by atoms with Crippen LogP contribution in [0.1, 0.15) is 75.2 Å². The molecule has 1 unspecified atom stereocenters. The number of hydrogen-bond donors (Lipinski definition) is 1. The van der Waals surface area contributed by atoms with Crippen molar-refractivity contribution in [1.82, 2.24) is 15.1 Å². The molecule has 1 aliphatic carbocycles. The molecule has 180 valence electrons. The van der Waals surface area contributed by atoms with Crippen LogP contribution >= 0.6 is 0 Å². The second-order valence-corrected chi connectivity index (χ2v) is 9.71. The zero-order chi connectivity index (χ0) is 22.8. The van der Waals surface area contributed by atoms with E-state index in [9.17, 15) is 4.79 Å². The van der Waals surface area contributed by atoms with Gasteiger partial charge in [-0.3, -0.25) is 9.69 Å². The first-order valence-corrected chi connectivity index (χ1v) is 13.0. The molecular weight excluding hydrogens is 398 g/mol. The SMILES string of the molecule is CCOC[C@H]1CCCN(CC2CCCC[C@@H]2NC(=O)c2ccc(CN(CC)CC)cc2)C1. The zero-order valence-corrected chi connectivity index (χ0v) is 20.7. The molecule has 5 nitrogen and oxygen atoms in total. The summed E-state index contributed by atoms with van der Waals surface area (Å²) in [4.78, 5) is 18.0. The van der Waals surface area contributed by atoms with Gasteiger partial charge >= 0.3 is 0 Å². The predicted molar refractivity (Wildman–Crippen MR) is 132 cm³/mol. The maximum atomic E-state index is 13.0. The molecule has 2 fully saturated rings. The standard InChI is InChI=1S/C27H45N3O2/c1-4-29(5-2)18-22-13-15-24(16-14-22)27(31)28-26-12-8-7-11-25(26)20-30-17-9-10-23(19-30)21-32-6-3/h13-16,23,25-26H,4-12,17-21H2,1-3H3,(H,28,31)/t23-,25?,26-/m0/s1. The lowest BCUT2D eigenvalue weighted by Gasteiger charge is -2.39. The molecule has 1 saturated carbocycles. The van der Waals surface area contributed by atoms with E-state index >= 15 is 0 Å². The minimum atomic E-state index is 0.0872. The summed E-state index contributed by atoms with van der Waals surface area (Å²) in [5.41, 5.74) is 2.06. The van der Waals surface area contributed by atoms with E-state index in [1.54, 1.807) is 0 Å². The fourth-order valence-corrected chi connectivity index (χ4v) is 5.40. The van der Waals surface area contributed by atoms with Crippen molar-refractivity contribution in [3.63, 3.8) is 0 Å². The van der Waals surface area contributed by atoms with E-state index in [-0.39, 0.29) is 5.91 Å². The number of carbonyl (C=O) groups is 1. The highest BCUT2D eigenvalue weighted by atomic mass is 16.5. The van der Waals surface area contributed by atoms with Gasteiger partial charge in [-0.15, -0.1) is 0 Å². The Morgan fingerprint density at radius 2 is 1.81 bits per heavy atom. The normalized spacial score (nSPS) is 24.6. The smallest absolute Gasteiger partial charge is 0.251 e. The van der Waals surface area contributed by atoms with Gasteiger partial charge in [0, 0.05) is 37.8 Å². The van der Waals surface area contributed by atoms with E-state index < -0.39 is 0 Å². The molecule has 1 aromatic carbocycles. The molecular formula is C27H45N3O2. The molecule has 3 rings (SSSR count). The molecule has 5 heteroatoms. The number of ether oxygens (including phenoxy) is 1. The van der Waals surface area contributed by atoms with Crippen molar-refractivity contribution in [1.29, 1.82) is 0 Å². The number of hydrogen-bond acceptors (Lipinski definition) is 4. The lowest BCUT2D eigenvalue weighted by atomic mass is 9.83. The molecule has 1 saturated heterocycles. The van der Waals surface area contributed by atoms with Crippen LogP contribution in [-0.2, 0) is 11.3 Å². The zero-order valence-electron chi connectivity index (χ0n) is 20.7. The van der Waals surface area contributed by atoms with E-state index in [2.05, 4.69) is 48.0 Å². The second kappa shape index (κ2) is 13.3. The number of rotatable bonds is 11. The van der Waals surface area contributed by atoms with Crippen LogP contribution in [0.3, 0.4) is 0 Å². The summed E-state index contributed by atoms with van der Waals surface area (Å²) in [6, 6.07) is 8.50. The van der Waals surface area contributed by atoms with Gasteiger partial charge in [-0.05, 0) is 81.8 Å². The first-order chi connectivity index (χ1) is 15.6. The van der Waals surface area contributed by atoms with Crippen LogP contribution in [0, 0.1) is 11.8 Å². The van der Waals surface area contributed by atoms with Crippen molar-refractivity contribution >= 4 is 5.91 Å². The summed E-state index contributed by atoms with van der Waals surface area (Å²) in [6.45, 7) is 14.6. The fraction of sp³-hybridized carbons (Fsp3) is 0.741. The highest BCUT2D eigenvalue weighted by Crippen LogP contribution is 2.27. The summed E-state index contributed by atoms with van der Waals surface area (Å²) >= 11 is 0. The van der Waals surface area contributed by atoms with Gasteiger partial charge in [-0.2, -0.15) is 0 Å². The minimum Gasteiger partial charge on any atom is -0.381 e. The van der Waals surface area contributed by atoms with E-state index in [1.165, 1.54) is 44.2 Å². The van der Waals surface area contributed by atoms with Crippen molar-refractivity contribution in [3.8, 4) is 0 Å². The quantitative estimate of drug-likeness (QED) is 0.544. The average molecular weight is 444 g/mol. The van der Waals surface area contributed by atoms with Crippen LogP contribution in [0.25, 0.3) is 0 Å². The van der Waals surface area contributed by atoms with Gasteiger partial charge in [0.15, 0.2) is 0 Å². The Morgan fingerprint density at radius 3 is 2.53 bits per heavy atom. The van der Waals surface area contributed by atoms with Crippen molar-refractivity contribution in [2.45, 2.75) is 71.9 Å². The van der Waals surface area contributed by atoms with Crippen molar-refractivity contribution in [2.24, 2.45) is 11.8 Å². The van der Waals surface area contributed by atoms with Gasteiger partial charge in [0.2, 0.25) is 0 Å². The molecule has 1 aliphatic heterocycles. The van der Waals surface area contributed by atoms with Gasteiger partial charge in [0.25, 0.3) is 5.91 Å². The highest BCUT2D eigenvalue weighted by molar-refractivity contribution is 5.94. The fourth-order valence-electron chi connectivity index (χ4n) is 5.40. The molecule has 0 bridgehead atoms. The van der Waals surface area contributed by atoms with Crippen LogP contribution in [-0.4, -0.2) is 67.7 Å². The van der Waals surface area contributed by atoms with E-state index in [0.717, 1.165) is 57.9 Å². The number of nitrogens with zero attached hydrogens (tertiary/aromatic N) is 2. The number of likely N-dealkylation sites (tertiary alicyclic amines) is 1. The Bertz CT molecular complexity index is 674. The number of nitrogens with one attached hydrogen (secondary N) is 1. The van der Waals surface area contributed by atoms with Crippen molar-refractivity contribution in [3.05, 3.63) is 35.4 Å². The molecule has 1 heterocycles. The Morgan fingerprint density at radius 1 is 1.06 bits per heavy atom. The van der Waals surface area contributed by atoms with Gasteiger partial charge < -0.3 is 15.0 Å². The Hall–Kier alpha value is -1.43. The highest BCUT2D eigenvalue weighted by Gasteiger charge is 2.30. The number of piperidine rings is 1. The number of carbonyl (C=O) groups excluding carboxylic acids is 1. The molecule has 0 spiro atoms. The number of amides is 1. The molecule has 1 N–H and O–H groups in total. The second-order valence-electron chi connectivity index (χ2n) is 9.71. The number of benzene rings is 1. The lowest BCUT2D eigenvalue weighted by molar-refractivity contribution is 0.0548. The Kier molecular flexibility index (Phi) is 10.5. The minimum absolute atomic E-state index is 0.0872. The first-order valence-electron chi connectivity index (χ1n) is 13.0. The molecule has 32 heavy (non-hydrogen) atoms. The maximum Gasteiger partial charge on any atom is 0.251 e. The molecule has 1 aromatic rings. The summed E-state index contributed by atoms with van der Waals surface area (Å²) < 4.78 is 5.69. The Labute approximate surface area is 195 Å². The van der Waals surface area contributed by atoms with Gasteiger partial charge in [0.1, 0.15) is 0 Å². The third-order valence-electron chi connectivity index (χ3n) is 7.40. The summed E-state index contributed by atoms with van der Waals surface area (Å²) in [5.74, 6) is 1.31. The van der Waals surface area contributed by atoms with E-state index in [1.807, 2.05) is 12.1 Å². The van der Waals surface area contributed by atoms with Crippen LogP contribution in [0.4, 0.5) is 0 Å². The largest absolute Gasteiger partial charge is 0.381 e. The predicted octanol–water partition coefficient (Wildman–Crippen LogP) is 4.57. The average Bonchev–Trinajstić information content (AvgIpc) is 2.83. The molecule has 0 aromatic heterocycles. The topological polar surface area (TPSA) is 44.8 Å². The lowest BCUT2D eigenvalue weighted by Crippen LogP contribution is -2.48. The van der Waals surface area contributed by atoms with Gasteiger partial charge in [0.05, 0.1) is 6.61 Å². The monoisotopic (exact) mass is 443 g/mol. The molecule has 2 aliphatic rings. The van der Waals surface area contributed by atoms with Crippen LogP contribution in [0.15, 0.2) is 24.3 Å². The molecule has 1 amide bonds. The molecule has 3 atom stereocenters. The van der Waals surface area contributed by atoms with Crippen molar-refractivity contribution in [2.75, 3.05) is 45.9 Å². The summed E-state index contributed by atoms with van der Waals surface area (Å²) in [7, 11) is 0. The summed E-state index contributed by atoms with van der Waals surface area (Å²) in [6.07, 6.45) is 7.38. The van der Waals surface area contributed by atoms with E-state index in [0.29, 0.717) is 17.9 Å². The van der Waals surface area contributed by atoms with Crippen molar-refractivity contribution < 1.29 is 9.53 Å². The maximum absolute atomic E-state index is 13.0. The van der Waals surface area contributed by atoms with Gasteiger partial charge in [-0.1, -0.05) is 38.8 Å².